The number of amides is 1. The number of nitrogens with zero attached hydrogens (tertiary/aromatic N) is 1. The number of fused-ring (bicyclic) bond motifs is 1. The van der Waals surface area contributed by atoms with Gasteiger partial charge in [-0.15, -0.1) is 0 Å². The van der Waals surface area contributed by atoms with Gasteiger partial charge in [0, 0.05) is 29.7 Å². The molecule has 92 valence electrons. The fourth-order valence-electron chi connectivity index (χ4n) is 2.35. The summed E-state index contributed by atoms with van der Waals surface area (Å²) >= 11 is 0. The number of aryl methyl sites for hydroxylation is 1. The van der Waals surface area contributed by atoms with Gasteiger partial charge < -0.3 is 10.6 Å². The summed E-state index contributed by atoms with van der Waals surface area (Å²) in [7, 11) is 0. The zero-order valence-electron chi connectivity index (χ0n) is 10.2. The molecule has 0 radical (unpaired) electrons. The zero-order chi connectivity index (χ0) is 12.5. The minimum atomic E-state index is 0.114. The first-order valence-electron chi connectivity index (χ1n) is 6.12. The largest absolute Gasteiger partial charge is 0.379 e. The molecule has 1 amide bonds. The summed E-state index contributed by atoms with van der Waals surface area (Å²) in [5.74, 6) is 0.114. The molecule has 2 N–H and O–H groups in total. The van der Waals surface area contributed by atoms with Gasteiger partial charge in [-0.1, -0.05) is 18.2 Å². The molecule has 18 heavy (non-hydrogen) atoms. The Morgan fingerprint density at radius 3 is 3.00 bits per heavy atom. The summed E-state index contributed by atoms with van der Waals surface area (Å²) in [5, 5.41) is 7.37. The van der Waals surface area contributed by atoms with Crippen molar-refractivity contribution in [1.82, 2.24) is 10.3 Å². The topological polar surface area (TPSA) is 54.0 Å². The number of pyridine rings is 1. The Bertz CT molecular complexity index is 609. The zero-order valence-corrected chi connectivity index (χ0v) is 10.2. The molecule has 1 saturated heterocycles. The Balaban J connectivity index is 1.97. The Morgan fingerprint density at radius 2 is 2.22 bits per heavy atom. The number of benzene rings is 1. The Kier molecular flexibility index (Phi) is 2.63. The van der Waals surface area contributed by atoms with Gasteiger partial charge in [-0.25, -0.2) is 0 Å². The van der Waals surface area contributed by atoms with Crippen LogP contribution in [0.4, 0.5) is 5.69 Å². The van der Waals surface area contributed by atoms with E-state index in [0.29, 0.717) is 13.0 Å². The van der Waals surface area contributed by atoms with E-state index in [1.807, 2.05) is 37.3 Å². The molecule has 1 aliphatic rings. The van der Waals surface area contributed by atoms with Gasteiger partial charge in [0.2, 0.25) is 5.91 Å². The van der Waals surface area contributed by atoms with Crippen LogP contribution in [-0.2, 0) is 4.79 Å². The minimum absolute atomic E-state index is 0.114. The van der Waals surface area contributed by atoms with Crippen molar-refractivity contribution in [3.8, 4) is 0 Å². The molecule has 0 aliphatic carbocycles. The summed E-state index contributed by atoms with van der Waals surface area (Å²) in [5.41, 5.74) is 3.02. The first-order valence-corrected chi connectivity index (χ1v) is 6.12. The van der Waals surface area contributed by atoms with E-state index in [0.717, 1.165) is 22.3 Å². The van der Waals surface area contributed by atoms with E-state index < -0.39 is 0 Å². The van der Waals surface area contributed by atoms with Crippen LogP contribution in [0.25, 0.3) is 10.9 Å². The number of nitrogens with one attached hydrogen (secondary N) is 2. The van der Waals surface area contributed by atoms with E-state index in [1.54, 1.807) is 0 Å². The lowest BCUT2D eigenvalue weighted by molar-refractivity contribution is -0.119. The minimum Gasteiger partial charge on any atom is -0.379 e. The lowest BCUT2D eigenvalue weighted by Crippen LogP contribution is -2.22. The molecule has 0 spiro atoms. The molecule has 3 rings (SSSR count). The lowest BCUT2D eigenvalue weighted by atomic mass is 10.1. The number of aromatic nitrogens is 1. The van der Waals surface area contributed by atoms with Gasteiger partial charge in [-0.05, 0) is 19.1 Å². The maximum Gasteiger partial charge on any atom is 0.222 e. The van der Waals surface area contributed by atoms with Crippen molar-refractivity contribution in [3.63, 3.8) is 0 Å². The maximum absolute atomic E-state index is 11.2. The van der Waals surface area contributed by atoms with Crippen LogP contribution in [0.3, 0.4) is 0 Å². The summed E-state index contributed by atoms with van der Waals surface area (Å²) in [6.07, 6.45) is 0.537. The monoisotopic (exact) mass is 241 g/mol. The van der Waals surface area contributed by atoms with E-state index in [-0.39, 0.29) is 11.9 Å². The van der Waals surface area contributed by atoms with Crippen molar-refractivity contribution in [1.29, 1.82) is 0 Å². The molecule has 1 aromatic carbocycles. The normalized spacial score (nSPS) is 18.9. The second kappa shape index (κ2) is 4.29. The van der Waals surface area contributed by atoms with Crippen molar-refractivity contribution >= 4 is 22.5 Å². The lowest BCUT2D eigenvalue weighted by Gasteiger charge is -2.14. The molecular weight excluding hydrogens is 226 g/mol. The van der Waals surface area contributed by atoms with E-state index >= 15 is 0 Å². The number of hydrogen-bond acceptors (Lipinski definition) is 3. The highest BCUT2D eigenvalue weighted by Crippen LogP contribution is 2.24. The van der Waals surface area contributed by atoms with Crippen molar-refractivity contribution in [2.45, 2.75) is 19.4 Å². The van der Waals surface area contributed by atoms with Crippen LogP contribution in [0.1, 0.15) is 12.1 Å². The van der Waals surface area contributed by atoms with Crippen LogP contribution in [0.2, 0.25) is 0 Å². The van der Waals surface area contributed by atoms with Crippen molar-refractivity contribution < 1.29 is 4.79 Å². The van der Waals surface area contributed by atoms with Crippen LogP contribution in [0.15, 0.2) is 30.3 Å². The van der Waals surface area contributed by atoms with Crippen LogP contribution in [-0.4, -0.2) is 23.5 Å². The standard InChI is InChI=1S/C14H15N3O/c1-9-6-13(17-10-7-14(18)15-8-10)11-4-2-3-5-12(11)16-9/h2-6,10H,7-8H2,1H3,(H,15,18)(H,16,17). The first kappa shape index (κ1) is 11.0. The Labute approximate surface area is 105 Å². The third-order valence-corrected chi connectivity index (χ3v) is 3.18. The van der Waals surface area contributed by atoms with Crippen LogP contribution in [0, 0.1) is 6.92 Å². The number of anilines is 1. The summed E-state index contributed by atoms with van der Waals surface area (Å²) in [4.78, 5) is 15.7. The number of carbonyl (C=O) groups excluding carboxylic acids is 1. The van der Waals surface area contributed by atoms with Gasteiger partial charge in [-0.2, -0.15) is 0 Å². The van der Waals surface area contributed by atoms with Gasteiger partial charge >= 0.3 is 0 Å². The van der Waals surface area contributed by atoms with Crippen molar-refractivity contribution in [2.24, 2.45) is 0 Å². The molecule has 1 aliphatic heterocycles. The third kappa shape index (κ3) is 2.01. The fourth-order valence-corrected chi connectivity index (χ4v) is 2.35. The van der Waals surface area contributed by atoms with Crippen molar-refractivity contribution in [2.75, 3.05) is 11.9 Å². The molecule has 2 aromatic rings. The molecular formula is C14H15N3O. The van der Waals surface area contributed by atoms with E-state index in [2.05, 4.69) is 15.6 Å². The van der Waals surface area contributed by atoms with Crippen LogP contribution >= 0.6 is 0 Å². The third-order valence-electron chi connectivity index (χ3n) is 3.18. The molecule has 0 bridgehead atoms. The molecule has 4 heteroatoms. The van der Waals surface area contributed by atoms with Gasteiger partial charge in [0.1, 0.15) is 0 Å². The Morgan fingerprint density at radius 1 is 1.39 bits per heavy atom. The predicted molar refractivity (Wildman–Crippen MR) is 71.5 cm³/mol. The molecule has 1 aromatic heterocycles. The van der Waals surface area contributed by atoms with Crippen molar-refractivity contribution in [3.05, 3.63) is 36.0 Å². The molecule has 2 heterocycles. The second-order valence-corrected chi connectivity index (χ2v) is 4.68. The smallest absolute Gasteiger partial charge is 0.222 e. The average Bonchev–Trinajstić information content (AvgIpc) is 2.74. The average molecular weight is 241 g/mol. The summed E-state index contributed by atoms with van der Waals surface area (Å²) in [6, 6.07) is 10.2. The summed E-state index contributed by atoms with van der Waals surface area (Å²) < 4.78 is 0. The van der Waals surface area contributed by atoms with E-state index in [4.69, 9.17) is 0 Å². The van der Waals surface area contributed by atoms with Gasteiger partial charge in [0.15, 0.2) is 0 Å². The second-order valence-electron chi connectivity index (χ2n) is 4.68. The highest BCUT2D eigenvalue weighted by atomic mass is 16.1. The predicted octanol–water partition coefficient (Wildman–Crippen LogP) is 1.84. The van der Waals surface area contributed by atoms with E-state index in [9.17, 15) is 4.79 Å². The number of para-hydroxylation sites is 1. The number of hydrogen-bond donors (Lipinski definition) is 2. The molecule has 1 fully saturated rings. The fraction of sp³-hybridized carbons (Fsp3) is 0.286. The molecule has 0 saturated carbocycles. The van der Waals surface area contributed by atoms with Crippen LogP contribution in [0.5, 0.6) is 0 Å². The van der Waals surface area contributed by atoms with Crippen LogP contribution < -0.4 is 10.6 Å². The number of rotatable bonds is 2. The molecule has 1 unspecified atom stereocenters. The van der Waals surface area contributed by atoms with Gasteiger partial charge in [0.25, 0.3) is 0 Å². The Hall–Kier alpha value is -2.10. The number of carbonyl (C=O) groups is 1. The quantitative estimate of drug-likeness (QED) is 0.843. The highest BCUT2D eigenvalue weighted by Gasteiger charge is 2.21. The van der Waals surface area contributed by atoms with Gasteiger partial charge in [-0.3, -0.25) is 9.78 Å². The maximum atomic E-state index is 11.2. The molecule has 1 atom stereocenters. The SMILES string of the molecule is Cc1cc(NC2CNC(=O)C2)c2ccccc2n1. The summed E-state index contributed by atoms with van der Waals surface area (Å²) in [6.45, 7) is 2.67. The van der Waals surface area contributed by atoms with Gasteiger partial charge in [0.05, 0.1) is 11.6 Å². The van der Waals surface area contributed by atoms with E-state index in [1.165, 1.54) is 0 Å². The highest BCUT2D eigenvalue weighted by molar-refractivity contribution is 5.92. The first-order chi connectivity index (χ1) is 8.72. The molecule has 4 nitrogen and oxygen atoms in total.